The highest BCUT2D eigenvalue weighted by Crippen LogP contribution is 2.08. The number of nitrogens with one attached hydrogen (secondary N) is 2. The largest absolute Gasteiger partial charge is 0.469 e. The Labute approximate surface area is 105 Å². The van der Waals surface area contributed by atoms with E-state index in [0.29, 0.717) is 18.6 Å². The molecule has 1 aromatic heterocycles. The van der Waals surface area contributed by atoms with Gasteiger partial charge in [-0.2, -0.15) is 0 Å². The molecule has 5 nitrogen and oxygen atoms in total. The minimum Gasteiger partial charge on any atom is -0.469 e. The molecule has 0 saturated carbocycles. The summed E-state index contributed by atoms with van der Waals surface area (Å²) in [6.45, 7) is 1.70. The van der Waals surface area contributed by atoms with Gasteiger partial charge in [0.15, 0.2) is 0 Å². The maximum absolute atomic E-state index is 11.8. The van der Waals surface area contributed by atoms with Crippen LogP contribution >= 0.6 is 0 Å². The van der Waals surface area contributed by atoms with Crippen LogP contribution in [-0.2, 0) is 16.0 Å². The summed E-state index contributed by atoms with van der Waals surface area (Å²) in [4.78, 5) is 23.6. The highest BCUT2D eigenvalue weighted by molar-refractivity contribution is 5.97. The number of carbonyl (C=O) groups is 2. The van der Waals surface area contributed by atoms with Gasteiger partial charge in [-0.1, -0.05) is 0 Å². The van der Waals surface area contributed by atoms with Crippen LogP contribution in [0.5, 0.6) is 0 Å². The van der Waals surface area contributed by atoms with E-state index in [1.807, 2.05) is 0 Å². The van der Waals surface area contributed by atoms with Crippen LogP contribution in [-0.4, -0.2) is 23.9 Å². The zero-order chi connectivity index (χ0) is 13.0. The summed E-state index contributed by atoms with van der Waals surface area (Å²) >= 11 is 0. The molecule has 2 amide bonds. The van der Waals surface area contributed by atoms with Crippen LogP contribution < -0.4 is 10.6 Å². The van der Waals surface area contributed by atoms with Gasteiger partial charge < -0.3 is 15.1 Å². The molecule has 1 fully saturated rings. The Balaban J connectivity index is 1.98. The van der Waals surface area contributed by atoms with Crippen molar-refractivity contribution in [1.29, 1.82) is 0 Å². The molecular formula is C13H14N2O3. The number of amides is 2. The molecule has 2 N–H and O–H groups in total. The Kier molecular flexibility index (Phi) is 3.68. The number of rotatable bonds is 3. The quantitative estimate of drug-likeness (QED) is 0.749. The van der Waals surface area contributed by atoms with Crippen LogP contribution in [0.1, 0.15) is 19.1 Å². The molecule has 18 heavy (non-hydrogen) atoms. The first-order valence-corrected chi connectivity index (χ1v) is 5.73. The minimum atomic E-state index is -0.575. The van der Waals surface area contributed by atoms with Gasteiger partial charge in [-0.3, -0.25) is 9.59 Å². The number of hydrogen-bond donors (Lipinski definition) is 2. The smallest absolute Gasteiger partial charge is 0.244 e. The Morgan fingerprint density at radius 1 is 1.28 bits per heavy atom. The van der Waals surface area contributed by atoms with E-state index in [4.69, 9.17) is 4.42 Å². The van der Waals surface area contributed by atoms with Gasteiger partial charge >= 0.3 is 0 Å². The van der Waals surface area contributed by atoms with Crippen molar-refractivity contribution >= 4 is 11.8 Å². The summed E-state index contributed by atoms with van der Waals surface area (Å²) in [6, 6.07) is 2.39. The Bertz CT molecular complexity index is 496. The lowest BCUT2D eigenvalue weighted by molar-refractivity contribution is -0.136. The summed E-state index contributed by atoms with van der Waals surface area (Å²) in [7, 11) is 0. The van der Waals surface area contributed by atoms with E-state index in [0.717, 1.165) is 0 Å². The van der Waals surface area contributed by atoms with E-state index in [9.17, 15) is 9.59 Å². The fourth-order valence-electron chi connectivity index (χ4n) is 1.80. The van der Waals surface area contributed by atoms with E-state index in [2.05, 4.69) is 22.5 Å². The summed E-state index contributed by atoms with van der Waals surface area (Å²) in [6.07, 6.45) is 2.23. The summed E-state index contributed by atoms with van der Waals surface area (Å²) in [5.41, 5.74) is 0. The third kappa shape index (κ3) is 2.72. The molecule has 94 valence electrons. The van der Waals surface area contributed by atoms with Crippen LogP contribution in [0.15, 0.2) is 22.8 Å². The molecular weight excluding hydrogens is 232 g/mol. The molecule has 0 aromatic carbocycles. The van der Waals surface area contributed by atoms with Gasteiger partial charge in [0.05, 0.1) is 6.26 Å². The molecule has 1 saturated heterocycles. The summed E-state index contributed by atoms with van der Waals surface area (Å²) in [5, 5.41) is 5.35. The van der Waals surface area contributed by atoms with Crippen molar-refractivity contribution in [3.05, 3.63) is 24.2 Å². The lowest BCUT2D eigenvalue weighted by Crippen LogP contribution is -2.62. The SMILES string of the molecule is CC#CCC1NC(=O)C(Cc2ccco2)NC1=O. The lowest BCUT2D eigenvalue weighted by atomic mass is 10.0. The number of hydrogen-bond acceptors (Lipinski definition) is 3. The highest BCUT2D eigenvalue weighted by atomic mass is 16.3. The molecule has 1 aliphatic heterocycles. The first-order valence-electron chi connectivity index (χ1n) is 5.73. The second-order valence-corrected chi connectivity index (χ2v) is 4.04. The van der Waals surface area contributed by atoms with Gasteiger partial charge in [-0.25, -0.2) is 0 Å². The first kappa shape index (κ1) is 12.2. The standard InChI is InChI=1S/C13H14N2O3/c1-2-3-6-10-12(16)15-11(13(17)14-10)8-9-5-4-7-18-9/h4-5,7,10-11H,6,8H2,1H3,(H,14,17)(H,15,16). The zero-order valence-corrected chi connectivity index (χ0v) is 10.0. The van der Waals surface area contributed by atoms with Gasteiger partial charge in [0.25, 0.3) is 0 Å². The van der Waals surface area contributed by atoms with Crippen molar-refractivity contribution < 1.29 is 14.0 Å². The minimum absolute atomic E-state index is 0.200. The second-order valence-electron chi connectivity index (χ2n) is 4.04. The van der Waals surface area contributed by atoms with E-state index in [1.165, 1.54) is 6.26 Å². The monoisotopic (exact) mass is 246 g/mol. The molecule has 2 heterocycles. The molecule has 2 atom stereocenters. The lowest BCUT2D eigenvalue weighted by Gasteiger charge is -2.28. The van der Waals surface area contributed by atoms with E-state index >= 15 is 0 Å². The van der Waals surface area contributed by atoms with E-state index < -0.39 is 12.1 Å². The second kappa shape index (κ2) is 5.41. The zero-order valence-electron chi connectivity index (χ0n) is 10.0. The molecule has 0 aliphatic carbocycles. The van der Waals surface area contributed by atoms with Crippen LogP contribution in [0.25, 0.3) is 0 Å². The average Bonchev–Trinajstić information content (AvgIpc) is 2.84. The fraction of sp³-hybridized carbons (Fsp3) is 0.385. The molecule has 0 bridgehead atoms. The number of carbonyl (C=O) groups excluding carboxylic acids is 2. The van der Waals surface area contributed by atoms with Crippen molar-refractivity contribution in [3.63, 3.8) is 0 Å². The van der Waals surface area contributed by atoms with Crippen molar-refractivity contribution in [2.45, 2.75) is 31.8 Å². The van der Waals surface area contributed by atoms with Crippen LogP contribution in [0, 0.1) is 11.8 Å². The van der Waals surface area contributed by atoms with Crippen molar-refractivity contribution in [3.8, 4) is 11.8 Å². The normalized spacial score (nSPS) is 22.7. The molecule has 5 heteroatoms. The maximum atomic E-state index is 11.8. The molecule has 2 rings (SSSR count). The van der Waals surface area contributed by atoms with Crippen LogP contribution in [0.2, 0.25) is 0 Å². The molecule has 1 aromatic rings. The van der Waals surface area contributed by atoms with Gasteiger partial charge in [0, 0.05) is 12.8 Å². The molecule has 0 spiro atoms. The Morgan fingerprint density at radius 3 is 2.67 bits per heavy atom. The van der Waals surface area contributed by atoms with Crippen LogP contribution in [0.3, 0.4) is 0 Å². The van der Waals surface area contributed by atoms with Gasteiger partial charge in [0.1, 0.15) is 17.8 Å². The number of piperazine rings is 1. The maximum Gasteiger partial charge on any atom is 0.244 e. The predicted molar refractivity (Wildman–Crippen MR) is 64.3 cm³/mol. The Hall–Kier alpha value is -2.22. The predicted octanol–water partition coefficient (Wildman–Crippen LogP) is 0.219. The summed E-state index contributed by atoms with van der Waals surface area (Å²) < 4.78 is 5.16. The average molecular weight is 246 g/mol. The van der Waals surface area contributed by atoms with Crippen molar-refractivity contribution in [1.82, 2.24) is 10.6 Å². The van der Waals surface area contributed by atoms with E-state index in [-0.39, 0.29) is 11.8 Å². The third-order valence-electron chi connectivity index (χ3n) is 2.73. The van der Waals surface area contributed by atoms with E-state index in [1.54, 1.807) is 19.1 Å². The highest BCUT2D eigenvalue weighted by Gasteiger charge is 2.33. The summed E-state index contributed by atoms with van der Waals surface area (Å²) in [5.74, 6) is 5.76. The molecule has 2 unspecified atom stereocenters. The topological polar surface area (TPSA) is 71.3 Å². The molecule has 0 radical (unpaired) electrons. The number of furan rings is 1. The first-order chi connectivity index (χ1) is 8.70. The van der Waals surface area contributed by atoms with Gasteiger partial charge in [-0.15, -0.1) is 11.8 Å². The van der Waals surface area contributed by atoms with Gasteiger partial charge in [-0.05, 0) is 19.1 Å². The van der Waals surface area contributed by atoms with Crippen molar-refractivity contribution in [2.75, 3.05) is 0 Å². The third-order valence-corrected chi connectivity index (χ3v) is 2.73. The Morgan fingerprint density at radius 2 is 2.00 bits per heavy atom. The fourth-order valence-corrected chi connectivity index (χ4v) is 1.80. The van der Waals surface area contributed by atoms with Gasteiger partial charge in [0.2, 0.25) is 11.8 Å². The van der Waals surface area contributed by atoms with Crippen LogP contribution in [0.4, 0.5) is 0 Å². The molecule has 1 aliphatic rings. The van der Waals surface area contributed by atoms with Crippen molar-refractivity contribution in [2.24, 2.45) is 0 Å².